The van der Waals surface area contributed by atoms with E-state index in [9.17, 15) is 0 Å². The van der Waals surface area contributed by atoms with E-state index >= 15 is 0 Å². The van der Waals surface area contributed by atoms with E-state index in [1.807, 2.05) is 30.3 Å². The number of hydrogen-bond acceptors (Lipinski definition) is 5. The summed E-state index contributed by atoms with van der Waals surface area (Å²) in [6, 6.07) is 18.4. The molecule has 0 amide bonds. The minimum atomic E-state index is -0.0749. The highest BCUT2D eigenvalue weighted by molar-refractivity contribution is 5.26. The largest absolute Gasteiger partial charge is 0.497 e. The standard InChI is InChI=1S/C38H60O5/c1-30(12-9-13-31(2)15-11-17-33(4)25-40-27-35-20-22-36(39-5)23-21-35)14-10-16-32(3)24-38-42-29-37(43-38)28-41-26-34-18-7-6-8-19-34/h6-8,18-23,30-33,37-38H,9-17,24-29H2,1-5H3/t30-,31+,32-,33+,37-,38?/m1/s1. The fraction of sp³-hybridized carbons (Fsp3) is 0.684. The highest BCUT2D eigenvalue weighted by Crippen LogP contribution is 2.25. The minimum absolute atomic E-state index is 0.0523. The molecule has 0 radical (unpaired) electrons. The molecule has 242 valence electrons. The average Bonchev–Trinajstić information content (AvgIpc) is 3.44. The smallest absolute Gasteiger partial charge is 0.158 e. The quantitative estimate of drug-likeness (QED) is 0.128. The Morgan fingerprint density at radius 3 is 1.86 bits per heavy atom. The second-order valence-corrected chi connectivity index (χ2v) is 13.3. The van der Waals surface area contributed by atoms with Crippen molar-refractivity contribution in [2.75, 3.05) is 26.9 Å². The van der Waals surface area contributed by atoms with E-state index < -0.39 is 0 Å². The molecule has 0 aromatic heterocycles. The third kappa shape index (κ3) is 15.6. The van der Waals surface area contributed by atoms with Crippen molar-refractivity contribution in [3.05, 3.63) is 65.7 Å². The fourth-order valence-corrected chi connectivity index (χ4v) is 5.96. The van der Waals surface area contributed by atoms with Crippen LogP contribution in [0.2, 0.25) is 0 Å². The predicted octanol–water partition coefficient (Wildman–Crippen LogP) is 9.62. The van der Waals surface area contributed by atoms with Crippen LogP contribution in [0.3, 0.4) is 0 Å². The van der Waals surface area contributed by atoms with E-state index in [2.05, 4.69) is 52.0 Å². The number of rotatable bonds is 23. The van der Waals surface area contributed by atoms with Crippen LogP contribution in [0.15, 0.2) is 54.6 Å². The first-order valence-electron chi connectivity index (χ1n) is 17.0. The van der Waals surface area contributed by atoms with E-state index in [0.29, 0.717) is 38.3 Å². The SMILES string of the molecule is COc1ccc(COC[C@@H](C)CCC[C@@H](C)CCC[C@@H](C)CCC[C@@H](C)CC2OC[C@@H](COCc3ccccc3)O2)cc1. The maximum atomic E-state index is 6.10. The van der Waals surface area contributed by atoms with E-state index in [1.54, 1.807) is 7.11 Å². The van der Waals surface area contributed by atoms with Crippen molar-refractivity contribution in [1.29, 1.82) is 0 Å². The molecule has 1 fully saturated rings. The summed E-state index contributed by atoms with van der Waals surface area (Å²) in [5, 5.41) is 0. The van der Waals surface area contributed by atoms with Crippen molar-refractivity contribution >= 4 is 0 Å². The molecule has 1 saturated heterocycles. The zero-order valence-corrected chi connectivity index (χ0v) is 27.8. The summed E-state index contributed by atoms with van der Waals surface area (Å²) in [4.78, 5) is 0. The summed E-state index contributed by atoms with van der Waals surface area (Å²) in [5.41, 5.74) is 2.40. The maximum absolute atomic E-state index is 6.10. The molecule has 1 aliphatic rings. The lowest BCUT2D eigenvalue weighted by Crippen LogP contribution is -2.20. The summed E-state index contributed by atoms with van der Waals surface area (Å²) in [7, 11) is 1.70. The van der Waals surface area contributed by atoms with Gasteiger partial charge in [-0.3, -0.25) is 0 Å². The van der Waals surface area contributed by atoms with Gasteiger partial charge in [0.05, 0.1) is 33.5 Å². The Kier molecular flexibility index (Phi) is 17.3. The lowest BCUT2D eigenvalue weighted by atomic mass is 9.90. The van der Waals surface area contributed by atoms with Gasteiger partial charge >= 0.3 is 0 Å². The van der Waals surface area contributed by atoms with Gasteiger partial charge in [-0.15, -0.1) is 0 Å². The summed E-state index contributed by atoms with van der Waals surface area (Å²) in [6.07, 6.45) is 12.8. The average molecular weight is 597 g/mol. The molecule has 0 N–H and O–H groups in total. The Morgan fingerprint density at radius 1 is 0.674 bits per heavy atom. The summed E-state index contributed by atoms with van der Waals surface area (Å²) in [5.74, 6) is 3.75. The van der Waals surface area contributed by atoms with Crippen LogP contribution in [0, 0.1) is 23.7 Å². The molecule has 43 heavy (non-hydrogen) atoms. The molecule has 6 atom stereocenters. The van der Waals surface area contributed by atoms with Crippen molar-refractivity contribution in [2.24, 2.45) is 23.7 Å². The monoisotopic (exact) mass is 596 g/mol. The normalized spacial score (nSPS) is 19.7. The van der Waals surface area contributed by atoms with Gasteiger partial charge in [-0.2, -0.15) is 0 Å². The predicted molar refractivity (Wildman–Crippen MR) is 176 cm³/mol. The topological polar surface area (TPSA) is 46.2 Å². The third-order valence-corrected chi connectivity index (χ3v) is 8.83. The molecular formula is C38H60O5. The molecule has 1 aliphatic heterocycles. The van der Waals surface area contributed by atoms with Crippen LogP contribution in [0.25, 0.3) is 0 Å². The first-order valence-corrected chi connectivity index (χ1v) is 17.0. The molecular weight excluding hydrogens is 536 g/mol. The minimum Gasteiger partial charge on any atom is -0.497 e. The van der Waals surface area contributed by atoms with Crippen LogP contribution in [0.5, 0.6) is 5.75 Å². The molecule has 1 heterocycles. The summed E-state index contributed by atoms with van der Waals surface area (Å²) < 4.78 is 29.0. The van der Waals surface area contributed by atoms with E-state index in [4.69, 9.17) is 23.7 Å². The van der Waals surface area contributed by atoms with Crippen molar-refractivity contribution in [1.82, 2.24) is 0 Å². The third-order valence-electron chi connectivity index (χ3n) is 8.83. The lowest BCUT2D eigenvalue weighted by molar-refractivity contribution is -0.0835. The highest BCUT2D eigenvalue weighted by Gasteiger charge is 2.27. The molecule has 1 unspecified atom stereocenters. The molecule has 0 aliphatic carbocycles. The van der Waals surface area contributed by atoms with Crippen molar-refractivity contribution in [3.63, 3.8) is 0 Å². The first kappa shape index (κ1) is 35.6. The van der Waals surface area contributed by atoms with Gasteiger partial charge < -0.3 is 23.7 Å². The Bertz CT molecular complexity index is 949. The van der Waals surface area contributed by atoms with Crippen LogP contribution < -0.4 is 4.74 Å². The zero-order chi connectivity index (χ0) is 30.7. The van der Waals surface area contributed by atoms with E-state index in [1.165, 1.54) is 68.9 Å². The fourth-order valence-electron chi connectivity index (χ4n) is 5.96. The van der Waals surface area contributed by atoms with Gasteiger partial charge in [-0.25, -0.2) is 0 Å². The Morgan fingerprint density at radius 2 is 1.23 bits per heavy atom. The molecule has 0 spiro atoms. The summed E-state index contributed by atoms with van der Waals surface area (Å²) in [6.45, 7) is 12.9. The highest BCUT2D eigenvalue weighted by atomic mass is 16.7. The van der Waals surface area contributed by atoms with E-state index in [0.717, 1.165) is 30.6 Å². The second-order valence-electron chi connectivity index (χ2n) is 13.3. The molecule has 5 heteroatoms. The Balaban J connectivity index is 1.12. The van der Waals surface area contributed by atoms with E-state index in [-0.39, 0.29) is 12.4 Å². The van der Waals surface area contributed by atoms with Gasteiger partial charge in [0.2, 0.25) is 0 Å². The molecule has 3 rings (SSSR count). The maximum Gasteiger partial charge on any atom is 0.158 e. The first-order chi connectivity index (χ1) is 20.9. The summed E-state index contributed by atoms with van der Waals surface area (Å²) >= 11 is 0. The van der Waals surface area contributed by atoms with Crippen LogP contribution in [0.1, 0.15) is 103 Å². The number of methoxy groups -OCH3 is 1. The van der Waals surface area contributed by atoms with Crippen LogP contribution >= 0.6 is 0 Å². The molecule has 2 aromatic rings. The Hall–Kier alpha value is -1.92. The second kappa shape index (κ2) is 20.9. The molecule has 5 nitrogen and oxygen atoms in total. The van der Waals surface area contributed by atoms with Crippen LogP contribution in [-0.2, 0) is 32.2 Å². The van der Waals surface area contributed by atoms with Gasteiger partial charge in [0.15, 0.2) is 6.29 Å². The van der Waals surface area contributed by atoms with Crippen molar-refractivity contribution in [2.45, 2.75) is 118 Å². The number of ether oxygens (including phenoxy) is 5. The van der Waals surface area contributed by atoms with Gasteiger partial charge in [0.1, 0.15) is 11.9 Å². The van der Waals surface area contributed by atoms with Gasteiger partial charge in [0, 0.05) is 13.0 Å². The van der Waals surface area contributed by atoms with Crippen molar-refractivity contribution < 1.29 is 23.7 Å². The van der Waals surface area contributed by atoms with Crippen molar-refractivity contribution in [3.8, 4) is 5.75 Å². The van der Waals surface area contributed by atoms with Gasteiger partial charge in [-0.1, -0.05) is 122 Å². The van der Waals surface area contributed by atoms with Crippen LogP contribution in [0.4, 0.5) is 0 Å². The lowest BCUT2D eigenvalue weighted by Gasteiger charge is -2.18. The van der Waals surface area contributed by atoms with Gasteiger partial charge in [-0.05, 0) is 53.4 Å². The molecule has 2 aromatic carbocycles. The Labute approximate surface area is 263 Å². The number of benzene rings is 2. The van der Waals surface area contributed by atoms with Crippen LogP contribution in [-0.4, -0.2) is 39.3 Å². The van der Waals surface area contributed by atoms with Gasteiger partial charge in [0.25, 0.3) is 0 Å². The zero-order valence-electron chi connectivity index (χ0n) is 27.8. The molecule has 0 bridgehead atoms. The molecule has 0 saturated carbocycles. The number of hydrogen-bond donors (Lipinski definition) is 0.